The smallest absolute Gasteiger partial charge is 0.272 e. The first-order chi connectivity index (χ1) is 15.0. The van der Waals surface area contributed by atoms with Crippen molar-refractivity contribution in [2.75, 3.05) is 13.7 Å². The summed E-state index contributed by atoms with van der Waals surface area (Å²) < 4.78 is 18.2. The number of ether oxygens (including phenoxy) is 1. The van der Waals surface area contributed by atoms with Crippen LogP contribution in [-0.2, 0) is 30.7 Å². The fourth-order valence-corrected chi connectivity index (χ4v) is 3.59. The molecule has 8 heteroatoms. The fraction of sp³-hybridized carbons (Fsp3) is 0.261. The number of aromatic nitrogens is 2. The second-order valence-electron chi connectivity index (χ2n) is 7.43. The first-order valence-corrected chi connectivity index (χ1v) is 10.0. The van der Waals surface area contributed by atoms with Crippen molar-refractivity contribution in [3.05, 3.63) is 82.4 Å². The summed E-state index contributed by atoms with van der Waals surface area (Å²) in [5.74, 6) is 0.0883. The van der Waals surface area contributed by atoms with Crippen LogP contribution in [0.15, 0.2) is 48.5 Å². The summed E-state index contributed by atoms with van der Waals surface area (Å²) in [5, 5.41) is 9.90. The molecule has 0 radical (unpaired) electrons. The van der Waals surface area contributed by atoms with Crippen molar-refractivity contribution in [2.24, 2.45) is 0 Å². The van der Waals surface area contributed by atoms with Crippen LogP contribution in [0.25, 0.3) is 0 Å². The molecule has 0 fully saturated rings. The summed E-state index contributed by atoms with van der Waals surface area (Å²) in [5.41, 5.74) is 3.60. The summed E-state index contributed by atoms with van der Waals surface area (Å²) >= 11 is 0. The number of methoxy groups -OCH3 is 1. The molecule has 0 unspecified atom stereocenters. The molecule has 1 aliphatic rings. The number of fused-ring (bicyclic) bond motifs is 1. The minimum atomic E-state index is -0.328. The molecule has 160 valence electrons. The Hall–Kier alpha value is -3.68. The number of amides is 2. The van der Waals surface area contributed by atoms with Crippen LogP contribution in [-0.4, -0.2) is 40.6 Å². The van der Waals surface area contributed by atoms with E-state index in [9.17, 15) is 14.0 Å². The fourth-order valence-electron chi connectivity index (χ4n) is 3.59. The summed E-state index contributed by atoms with van der Waals surface area (Å²) in [7, 11) is 1.60. The molecule has 3 aromatic rings. The Labute approximate surface area is 179 Å². The van der Waals surface area contributed by atoms with Gasteiger partial charge in [0.15, 0.2) is 5.69 Å². The quantitative estimate of drug-likeness (QED) is 0.639. The Kier molecular flexibility index (Phi) is 5.97. The van der Waals surface area contributed by atoms with Crippen LogP contribution in [0.5, 0.6) is 5.75 Å². The zero-order valence-corrected chi connectivity index (χ0v) is 17.2. The van der Waals surface area contributed by atoms with Crippen LogP contribution < -0.4 is 10.1 Å². The SMILES string of the molecule is COc1ccc(CC(=O)N2CCc3[nH]nc(C(=O)NCc4ccc(F)cc4)c3C2)cc1. The van der Waals surface area contributed by atoms with Gasteiger partial charge in [0.2, 0.25) is 5.91 Å². The van der Waals surface area contributed by atoms with E-state index >= 15 is 0 Å². The number of halogens is 1. The molecule has 0 atom stereocenters. The molecule has 2 amide bonds. The van der Waals surface area contributed by atoms with Crippen molar-refractivity contribution >= 4 is 11.8 Å². The Balaban J connectivity index is 1.40. The van der Waals surface area contributed by atoms with E-state index in [2.05, 4.69) is 15.5 Å². The number of rotatable bonds is 6. The summed E-state index contributed by atoms with van der Waals surface area (Å²) in [6, 6.07) is 13.3. The molecule has 31 heavy (non-hydrogen) atoms. The highest BCUT2D eigenvalue weighted by Crippen LogP contribution is 2.22. The van der Waals surface area contributed by atoms with Gasteiger partial charge in [-0.1, -0.05) is 24.3 Å². The van der Waals surface area contributed by atoms with Crippen LogP contribution in [0.4, 0.5) is 4.39 Å². The van der Waals surface area contributed by atoms with E-state index in [1.165, 1.54) is 12.1 Å². The number of benzene rings is 2. The highest BCUT2D eigenvalue weighted by molar-refractivity contribution is 5.94. The number of H-pyrrole nitrogens is 1. The number of nitrogens with one attached hydrogen (secondary N) is 2. The van der Waals surface area contributed by atoms with Gasteiger partial charge < -0.3 is 15.0 Å². The molecule has 1 aliphatic heterocycles. The number of hydrogen-bond donors (Lipinski definition) is 2. The van der Waals surface area contributed by atoms with Crippen LogP contribution >= 0.6 is 0 Å². The van der Waals surface area contributed by atoms with Crippen molar-refractivity contribution in [2.45, 2.75) is 25.9 Å². The lowest BCUT2D eigenvalue weighted by Crippen LogP contribution is -2.37. The molecule has 1 aromatic heterocycles. The van der Waals surface area contributed by atoms with Gasteiger partial charge in [0, 0.05) is 37.3 Å². The molecule has 2 aromatic carbocycles. The van der Waals surface area contributed by atoms with E-state index in [0.29, 0.717) is 25.2 Å². The van der Waals surface area contributed by atoms with Crippen LogP contribution in [0.1, 0.15) is 32.9 Å². The number of nitrogens with zero attached hydrogens (tertiary/aromatic N) is 2. The monoisotopic (exact) mass is 422 g/mol. The van der Waals surface area contributed by atoms with Crippen molar-refractivity contribution in [1.29, 1.82) is 0 Å². The van der Waals surface area contributed by atoms with E-state index < -0.39 is 0 Å². The number of carbonyl (C=O) groups is 2. The maximum Gasteiger partial charge on any atom is 0.272 e. The lowest BCUT2D eigenvalue weighted by Gasteiger charge is -2.27. The van der Waals surface area contributed by atoms with Crippen LogP contribution in [0.3, 0.4) is 0 Å². The number of hydrogen-bond acceptors (Lipinski definition) is 4. The van der Waals surface area contributed by atoms with Gasteiger partial charge in [-0.15, -0.1) is 0 Å². The predicted octanol–water partition coefficient (Wildman–Crippen LogP) is 2.61. The Morgan fingerprint density at radius 2 is 1.84 bits per heavy atom. The third kappa shape index (κ3) is 4.74. The zero-order chi connectivity index (χ0) is 21.8. The van der Waals surface area contributed by atoms with Crippen molar-refractivity contribution in [1.82, 2.24) is 20.4 Å². The highest BCUT2D eigenvalue weighted by atomic mass is 19.1. The molecular weight excluding hydrogens is 399 g/mol. The highest BCUT2D eigenvalue weighted by Gasteiger charge is 2.27. The van der Waals surface area contributed by atoms with Gasteiger partial charge in [0.05, 0.1) is 13.5 Å². The number of carbonyl (C=O) groups excluding carboxylic acids is 2. The minimum Gasteiger partial charge on any atom is -0.497 e. The molecular formula is C23H23FN4O3. The van der Waals surface area contributed by atoms with E-state index in [1.54, 1.807) is 24.1 Å². The molecule has 4 rings (SSSR count). The lowest BCUT2D eigenvalue weighted by molar-refractivity contribution is -0.131. The van der Waals surface area contributed by atoms with E-state index in [1.807, 2.05) is 24.3 Å². The van der Waals surface area contributed by atoms with E-state index in [4.69, 9.17) is 4.74 Å². The summed E-state index contributed by atoms with van der Waals surface area (Å²) in [4.78, 5) is 27.2. The zero-order valence-electron chi connectivity index (χ0n) is 17.2. The van der Waals surface area contributed by atoms with Crippen LogP contribution in [0.2, 0.25) is 0 Å². The molecule has 0 spiro atoms. The molecule has 0 bridgehead atoms. The lowest BCUT2D eigenvalue weighted by atomic mass is 10.0. The van der Waals surface area contributed by atoms with Gasteiger partial charge in [-0.2, -0.15) is 5.10 Å². The van der Waals surface area contributed by atoms with Gasteiger partial charge in [-0.05, 0) is 35.4 Å². The number of aromatic amines is 1. The normalized spacial score (nSPS) is 12.9. The second-order valence-corrected chi connectivity index (χ2v) is 7.43. The van der Waals surface area contributed by atoms with Gasteiger partial charge in [0.1, 0.15) is 11.6 Å². The molecule has 2 heterocycles. The molecule has 0 saturated heterocycles. The van der Waals surface area contributed by atoms with Crippen molar-refractivity contribution in [3.63, 3.8) is 0 Å². The maximum atomic E-state index is 13.0. The Bertz CT molecular complexity index is 1080. The minimum absolute atomic E-state index is 0.00492. The van der Waals surface area contributed by atoms with Gasteiger partial charge in [-0.3, -0.25) is 14.7 Å². The van der Waals surface area contributed by atoms with Gasteiger partial charge in [-0.25, -0.2) is 4.39 Å². The third-order valence-electron chi connectivity index (χ3n) is 5.38. The first kappa shape index (κ1) is 20.6. The largest absolute Gasteiger partial charge is 0.497 e. The van der Waals surface area contributed by atoms with Crippen molar-refractivity contribution < 1.29 is 18.7 Å². The Morgan fingerprint density at radius 1 is 1.13 bits per heavy atom. The maximum absolute atomic E-state index is 13.0. The molecule has 0 saturated carbocycles. The van der Waals surface area contributed by atoms with Crippen LogP contribution in [0, 0.1) is 5.82 Å². The predicted molar refractivity (Wildman–Crippen MR) is 112 cm³/mol. The first-order valence-electron chi connectivity index (χ1n) is 10.0. The topological polar surface area (TPSA) is 87.3 Å². The molecule has 7 nitrogen and oxygen atoms in total. The second kappa shape index (κ2) is 8.99. The average molecular weight is 422 g/mol. The van der Waals surface area contributed by atoms with Gasteiger partial charge >= 0.3 is 0 Å². The standard InChI is InChI=1S/C23H23FN4O3/c1-31-18-8-4-15(5-9-18)12-21(29)28-11-10-20-19(14-28)22(27-26-20)23(30)25-13-16-2-6-17(24)7-3-16/h2-9H,10-14H2,1H3,(H,25,30)(H,26,27). The summed E-state index contributed by atoms with van der Waals surface area (Å²) in [6.07, 6.45) is 0.894. The van der Waals surface area contributed by atoms with E-state index in [-0.39, 0.29) is 30.6 Å². The molecule has 2 N–H and O–H groups in total. The third-order valence-corrected chi connectivity index (χ3v) is 5.38. The Morgan fingerprint density at radius 3 is 2.55 bits per heavy atom. The summed E-state index contributed by atoms with van der Waals surface area (Å²) in [6.45, 7) is 1.17. The van der Waals surface area contributed by atoms with Crippen molar-refractivity contribution in [3.8, 4) is 5.75 Å². The van der Waals surface area contributed by atoms with E-state index in [0.717, 1.165) is 28.1 Å². The molecule has 0 aliphatic carbocycles. The van der Waals surface area contributed by atoms with Gasteiger partial charge in [0.25, 0.3) is 5.91 Å². The average Bonchev–Trinajstić information content (AvgIpc) is 3.22.